The molecular weight excluding hydrogens is 316 g/mol. The summed E-state index contributed by atoms with van der Waals surface area (Å²) in [5.41, 5.74) is 0.920. The van der Waals surface area contributed by atoms with E-state index in [-0.39, 0.29) is 10.3 Å². The molecule has 1 N–H and O–H groups in total. The number of rotatable bonds is 4. The number of hydrogen-bond donors (Lipinski definition) is 1. The Hall–Kier alpha value is -2.41. The van der Waals surface area contributed by atoms with Crippen LogP contribution in [0, 0.1) is 10.1 Å². The topological polar surface area (TPSA) is 89.3 Å². The lowest BCUT2D eigenvalue weighted by atomic mass is 9.87. The number of benzene rings is 2. The van der Waals surface area contributed by atoms with Crippen LogP contribution >= 0.6 is 0 Å². The highest BCUT2D eigenvalue weighted by molar-refractivity contribution is 7.92. The van der Waals surface area contributed by atoms with Crippen LogP contribution in [0.3, 0.4) is 0 Å². The number of nitrogens with zero attached hydrogens (tertiary/aromatic N) is 1. The van der Waals surface area contributed by atoms with Gasteiger partial charge in [0.25, 0.3) is 15.7 Å². The standard InChI is InChI=1S/C16H18N2O4S/c1-16(2,3)12-8-10-13(11-9-12)17-23(21,22)15-7-5-4-6-14(15)18(19)20/h4-11,17H,1-3H3. The maximum atomic E-state index is 12.4. The van der Waals surface area contributed by atoms with E-state index in [9.17, 15) is 18.5 Å². The van der Waals surface area contributed by atoms with Gasteiger partial charge in [-0.1, -0.05) is 45.0 Å². The first kappa shape index (κ1) is 17.0. The van der Waals surface area contributed by atoms with E-state index in [0.717, 1.165) is 11.6 Å². The molecule has 0 fully saturated rings. The largest absolute Gasteiger partial charge is 0.289 e. The first-order valence-electron chi connectivity index (χ1n) is 6.98. The van der Waals surface area contributed by atoms with Crippen molar-refractivity contribution in [3.63, 3.8) is 0 Å². The predicted molar refractivity (Wildman–Crippen MR) is 89.0 cm³/mol. The molecule has 0 unspecified atom stereocenters. The van der Waals surface area contributed by atoms with Crippen molar-refractivity contribution in [3.05, 3.63) is 64.2 Å². The van der Waals surface area contributed by atoms with Gasteiger partial charge >= 0.3 is 0 Å². The van der Waals surface area contributed by atoms with Gasteiger partial charge in [-0.2, -0.15) is 0 Å². The Balaban J connectivity index is 2.34. The molecule has 0 aromatic heterocycles. The zero-order valence-electron chi connectivity index (χ0n) is 13.1. The first-order valence-corrected chi connectivity index (χ1v) is 8.46. The van der Waals surface area contributed by atoms with Crippen molar-refractivity contribution in [2.24, 2.45) is 0 Å². The lowest BCUT2D eigenvalue weighted by Crippen LogP contribution is -2.15. The van der Waals surface area contributed by atoms with Gasteiger partial charge in [0.05, 0.1) is 4.92 Å². The van der Waals surface area contributed by atoms with Gasteiger partial charge in [-0.05, 0) is 29.2 Å². The van der Waals surface area contributed by atoms with E-state index in [4.69, 9.17) is 0 Å². The van der Waals surface area contributed by atoms with Gasteiger partial charge < -0.3 is 0 Å². The number of sulfonamides is 1. The van der Waals surface area contributed by atoms with Gasteiger partial charge in [0.15, 0.2) is 4.90 Å². The van der Waals surface area contributed by atoms with Gasteiger partial charge in [0, 0.05) is 11.8 Å². The highest BCUT2D eigenvalue weighted by atomic mass is 32.2. The summed E-state index contributed by atoms with van der Waals surface area (Å²) in [5.74, 6) is 0. The Bertz CT molecular complexity index is 822. The molecule has 0 aliphatic heterocycles. The fraction of sp³-hybridized carbons (Fsp3) is 0.250. The summed E-state index contributed by atoms with van der Waals surface area (Å²) in [6, 6.07) is 12.2. The third kappa shape index (κ3) is 3.87. The van der Waals surface area contributed by atoms with E-state index in [1.807, 2.05) is 12.1 Å². The molecule has 0 amide bonds. The van der Waals surface area contributed by atoms with Crippen LogP contribution in [0.15, 0.2) is 53.4 Å². The fourth-order valence-corrected chi connectivity index (χ4v) is 3.32. The van der Waals surface area contributed by atoms with Crippen LogP contribution in [0.4, 0.5) is 11.4 Å². The van der Waals surface area contributed by atoms with Crippen molar-refractivity contribution in [1.82, 2.24) is 0 Å². The van der Waals surface area contributed by atoms with Crippen LogP contribution in [-0.4, -0.2) is 13.3 Å². The highest BCUT2D eigenvalue weighted by Gasteiger charge is 2.25. The molecule has 2 aromatic rings. The van der Waals surface area contributed by atoms with Crippen molar-refractivity contribution in [2.45, 2.75) is 31.1 Å². The van der Waals surface area contributed by atoms with Gasteiger partial charge in [0.2, 0.25) is 0 Å². The zero-order valence-corrected chi connectivity index (χ0v) is 13.9. The number of anilines is 1. The van der Waals surface area contributed by atoms with Gasteiger partial charge in [-0.3, -0.25) is 14.8 Å². The molecule has 0 saturated heterocycles. The van der Waals surface area contributed by atoms with Crippen LogP contribution in [0.2, 0.25) is 0 Å². The van der Waals surface area contributed by atoms with Crippen LogP contribution < -0.4 is 4.72 Å². The minimum Gasteiger partial charge on any atom is -0.279 e. The first-order chi connectivity index (χ1) is 10.6. The minimum absolute atomic E-state index is 0.0460. The molecule has 0 aliphatic carbocycles. The lowest BCUT2D eigenvalue weighted by molar-refractivity contribution is -0.387. The highest BCUT2D eigenvalue weighted by Crippen LogP contribution is 2.27. The fourth-order valence-electron chi connectivity index (χ4n) is 2.08. The van der Waals surface area contributed by atoms with Gasteiger partial charge in [0.1, 0.15) is 0 Å². The molecule has 2 rings (SSSR count). The van der Waals surface area contributed by atoms with Crippen molar-refractivity contribution in [3.8, 4) is 0 Å². The molecule has 6 nitrogen and oxygen atoms in total. The summed E-state index contributed by atoms with van der Waals surface area (Å²) in [7, 11) is -4.03. The van der Waals surface area contributed by atoms with Crippen molar-refractivity contribution in [2.75, 3.05) is 4.72 Å². The van der Waals surface area contributed by atoms with Crippen LogP contribution in [0.25, 0.3) is 0 Å². The van der Waals surface area contributed by atoms with E-state index in [1.165, 1.54) is 18.2 Å². The lowest BCUT2D eigenvalue weighted by Gasteiger charge is -2.19. The summed E-state index contributed by atoms with van der Waals surface area (Å²) in [4.78, 5) is 9.92. The normalized spacial score (nSPS) is 12.0. The summed E-state index contributed by atoms with van der Waals surface area (Å²) >= 11 is 0. The quantitative estimate of drug-likeness (QED) is 0.682. The average molecular weight is 334 g/mol. The van der Waals surface area contributed by atoms with Crippen LogP contribution in [0.1, 0.15) is 26.3 Å². The maximum Gasteiger partial charge on any atom is 0.289 e. The molecule has 0 bridgehead atoms. The monoisotopic (exact) mass is 334 g/mol. The Morgan fingerprint density at radius 3 is 2.09 bits per heavy atom. The van der Waals surface area contributed by atoms with E-state index in [1.54, 1.807) is 12.1 Å². The smallest absolute Gasteiger partial charge is 0.279 e. The number of para-hydroxylation sites is 1. The Kier molecular flexibility index (Phi) is 4.42. The van der Waals surface area contributed by atoms with E-state index < -0.39 is 20.6 Å². The molecule has 2 aromatic carbocycles. The van der Waals surface area contributed by atoms with Crippen molar-refractivity contribution >= 4 is 21.4 Å². The number of nitro groups is 1. The molecule has 0 aliphatic rings. The summed E-state index contributed by atoms with van der Waals surface area (Å²) < 4.78 is 27.2. The molecule has 7 heteroatoms. The third-order valence-electron chi connectivity index (χ3n) is 3.35. The van der Waals surface area contributed by atoms with Crippen molar-refractivity contribution in [1.29, 1.82) is 0 Å². The second-order valence-corrected chi connectivity index (χ2v) is 7.81. The van der Waals surface area contributed by atoms with Crippen LogP contribution in [0.5, 0.6) is 0 Å². The number of hydrogen-bond acceptors (Lipinski definition) is 4. The molecule has 122 valence electrons. The van der Waals surface area contributed by atoms with E-state index in [2.05, 4.69) is 25.5 Å². The SMILES string of the molecule is CC(C)(C)c1ccc(NS(=O)(=O)c2ccccc2[N+](=O)[O-])cc1. The summed E-state index contributed by atoms with van der Waals surface area (Å²) in [5, 5.41) is 11.0. The molecule has 0 heterocycles. The molecule has 0 atom stereocenters. The minimum atomic E-state index is -4.03. The molecule has 23 heavy (non-hydrogen) atoms. The van der Waals surface area contributed by atoms with Crippen LogP contribution in [-0.2, 0) is 15.4 Å². The molecular formula is C16H18N2O4S. The number of nitrogens with one attached hydrogen (secondary N) is 1. The molecule has 0 spiro atoms. The number of nitro benzene ring substituents is 1. The maximum absolute atomic E-state index is 12.4. The molecule has 0 radical (unpaired) electrons. The van der Waals surface area contributed by atoms with Crippen molar-refractivity contribution < 1.29 is 13.3 Å². The van der Waals surface area contributed by atoms with Gasteiger partial charge in [-0.25, -0.2) is 8.42 Å². The third-order valence-corrected chi connectivity index (χ3v) is 4.78. The second kappa shape index (κ2) is 6.00. The summed E-state index contributed by atoms with van der Waals surface area (Å²) in [6.07, 6.45) is 0. The Morgan fingerprint density at radius 1 is 1.00 bits per heavy atom. The summed E-state index contributed by atoms with van der Waals surface area (Å²) in [6.45, 7) is 6.17. The van der Waals surface area contributed by atoms with Gasteiger partial charge in [-0.15, -0.1) is 0 Å². The second-order valence-electron chi connectivity index (χ2n) is 6.16. The van der Waals surface area contributed by atoms with E-state index in [0.29, 0.717) is 5.69 Å². The molecule has 0 saturated carbocycles. The zero-order chi connectivity index (χ0) is 17.3. The predicted octanol–water partition coefficient (Wildman–Crippen LogP) is 3.69. The van der Waals surface area contributed by atoms with E-state index >= 15 is 0 Å². The average Bonchev–Trinajstić information content (AvgIpc) is 2.46. The Labute approximate surface area is 135 Å². The Morgan fingerprint density at radius 2 is 1.57 bits per heavy atom.